The monoisotopic (exact) mass is 1090 g/mol. The van der Waals surface area contributed by atoms with E-state index in [1.165, 1.54) is 51.7 Å². The van der Waals surface area contributed by atoms with Crippen molar-refractivity contribution < 1.29 is 56.7 Å². The van der Waals surface area contributed by atoms with Crippen molar-refractivity contribution in [2.75, 3.05) is 32.5 Å². The van der Waals surface area contributed by atoms with Gasteiger partial charge in [-0.15, -0.1) is 10.2 Å². The molecule has 0 spiro atoms. The number of aryl methyl sites for hydroxylation is 1. The van der Waals surface area contributed by atoms with Crippen molar-refractivity contribution in [3.63, 3.8) is 0 Å². The number of aromatic amines is 2. The van der Waals surface area contributed by atoms with Crippen molar-refractivity contribution in [1.82, 2.24) is 72.5 Å². The number of H-pyrrole nitrogens is 2. The number of carbonyl (C=O) groups excluding carboxylic acids is 9. The van der Waals surface area contributed by atoms with Crippen molar-refractivity contribution in [3.05, 3.63) is 24.0 Å². The van der Waals surface area contributed by atoms with E-state index >= 15 is 0 Å². The summed E-state index contributed by atoms with van der Waals surface area (Å²) in [6, 6.07) is -6.97. The van der Waals surface area contributed by atoms with E-state index in [0.717, 1.165) is 63.6 Å². The summed E-state index contributed by atoms with van der Waals surface area (Å²) in [5, 5.41) is 40.8. The molecule has 0 aliphatic heterocycles. The predicted molar refractivity (Wildman–Crippen MR) is 277 cm³/mol. The first-order valence-corrected chi connectivity index (χ1v) is 27.9. The lowest BCUT2D eigenvalue weighted by molar-refractivity contribution is -0.135. The van der Waals surface area contributed by atoms with Crippen LogP contribution in [0.15, 0.2) is 12.5 Å². The van der Waals surface area contributed by atoms with Gasteiger partial charge in [-0.25, -0.2) is 13.4 Å². The molecule has 2 aromatic rings. The number of aliphatic hydroxyl groups excluding tert-OH is 1. The normalized spacial score (nSPS) is 13.2. The molecule has 15 N–H and O–H groups in total. The maximum atomic E-state index is 13.7. The van der Waals surface area contributed by atoms with E-state index in [1.54, 1.807) is 0 Å². The van der Waals surface area contributed by atoms with Gasteiger partial charge in [-0.3, -0.25) is 47.9 Å². The summed E-state index contributed by atoms with van der Waals surface area (Å²) in [5.41, 5.74) is 11.5. The summed E-state index contributed by atoms with van der Waals surface area (Å²) in [6.45, 7) is -0.167. The van der Waals surface area contributed by atoms with E-state index in [2.05, 4.69) is 67.8 Å². The maximum absolute atomic E-state index is 13.7. The fraction of sp³-hybridized carbons (Fsp3) is 0.723. The van der Waals surface area contributed by atoms with E-state index in [0.29, 0.717) is 25.0 Å². The van der Waals surface area contributed by atoms with Crippen LogP contribution in [0, 0.1) is 0 Å². The fourth-order valence-electron chi connectivity index (χ4n) is 7.76. The Hall–Kier alpha value is -6.62. The van der Waals surface area contributed by atoms with Gasteiger partial charge in [0.05, 0.1) is 25.2 Å². The number of amides is 9. The number of primary amides is 1. The standard InChI is InChI=1S/C47H82N16O12S/c1-3-4-19-33(43(69)50-2)55-46(72)36(27-48)58-45(71)35(26-32-28-51-31-53-32)57-44(70)34(23-24-38(49)65)56-47(73)37(30-64)54-42(68)29-52-40(66)22-18-25-76(74,75)61-41(67)21-17-15-13-11-9-7-5-6-8-10-12-14-16-20-39-59-62-63-60-39/h28,31,33-37,64H,3-27,29-30,48H2,1-2H3,(H2,49,65)(H,50,69)(H,51,53)(H,52,66)(H,54,68)(H,55,72)(H,56,73)(H,57,70)(H,58,71)(H,61,67)(H,59,60,62,63)/t33-,34-,35-,36-,37-/m0/s1. The number of nitrogens with one attached hydrogen (secondary N) is 10. The minimum atomic E-state index is -4.03. The zero-order valence-corrected chi connectivity index (χ0v) is 44.7. The molecule has 2 aromatic heterocycles. The third-order valence-electron chi connectivity index (χ3n) is 12.1. The maximum Gasteiger partial charge on any atom is 0.245 e. The molecule has 2 rings (SSSR count). The second-order valence-electron chi connectivity index (χ2n) is 18.5. The molecule has 0 saturated carbocycles. The van der Waals surface area contributed by atoms with Crippen LogP contribution in [-0.4, -0.2) is 160 Å². The highest BCUT2D eigenvalue weighted by Gasteiger charge is 2.33. The number of aromatic nitrogens is 6. The number of nitrogens with two attached hydrogens (primary N) is 2. The Bertz CT molecular complexity index is 2180. The number of imidazole rings is 1. The molecule has 76 heavy (non-hydrogen) atoms. The van der Waals surface area contributed by atoms with Crippen LogP contribution >= 0.6 is 0 Å². The Kier molecular flexibility index (Phi) is 32.8. The van der Waals surface area contributed by atoms with E-state index in [4.69, 9.17) is 11.5 Å². The van der Waals surface area contributed by atoms with E-state index in [1.807, 2.05) is 11.6 Å². The van der Waals surface area contributed by atoms with Crippen LogP contribution in [-0.2, 0) is 66.0 Å². The minimum absolute atomic E-state index is 0.0476. The molecule has 0 aromatic carbocycles. The van der Waals surface area contributed by atoms with Crippen LogP contribution in [0.25, 0.3) is 0 Å². The highest BCUT2D eigenvalue weighted by Crippen LogP contribution is 2.14. The summed E-state index contributed by atoms with van der Waals surface area (Å²) in [6.07, 6.45) is 17.6. The van der Waals surface area contributed by atoms with Crippen molar-refractivity contribution in [2.45, 2.75) is 185 Å². The molecule has 0 bridgehead atoms. The summed E-state index contributed by atoms with van der Waals surface area (Å²) in [7, 11) is -2.62. The van der Waals surface area contributed by atoms with Crippen LogP contribution in [0.4, 0.5) is 0 Å². The molecule has 2 heterocycles. The number of sulfonamides is 1. The Labute approximate surface area is 443 Å². The molecular weight excluding hydrogens is 1010 g/mol. The molecule has 28 nitrogen and oxygen atoms in total. The third kappa shape index (κ3) is 28.9. The number of hydrogen-bond acceptors (Lipinski definition) is 17. The molecule has 5 atom stereocenters. The summed E-state index contributed by atoms with van der Waals surface area (Å²) >= 11 is 0. The molecular formula is C47H82N16O12S. The zero-order chi connectivity index (χ0) is 56.1. The van der Waals surface area contributed by atoms with Gasteiger partial charge < -0.3 is 58.8 Å². The molecule has 0 unspecified atom stereocenters. The lowest BCUT2D eigenvalue weighted by atomic mass is 10.0. The number of aliphatic hydroxyl groups is 1. The zero-order valence-electron chi connectivity index (χ0n) is 43.9. The van der Waals surface area contributed by atoms with Crippen LogP contribution in [0.1, 0.15) is 153 Å². The van der Waals surface area contributed by atoms with E-state index in [9.17, 15) is 56.7 Å². The highest BCUT2D eigenvalue weighted by molar-refractivity contribution is 7.90. The second-order valence-corrected chi connectivity index (χ2v) is 20.3. The van der Waals surface area contributed by atoms with Gasteiger partial charge in [-0.05, 0) is 32.1 Å². The average Bonchev–Trinajstić information content (AvgIpc) is 4.12. The Morgan fingerprint density at radius 1 is 0.645 bits per heavy atom. The van der Waals surface area contributed by atoms with Crippen molar-refractivity contribution >= 4 is 63.2 Å². The van der Waals surface area contributed by atoms with Crippen molar-refractivity contribution in [1.29, 1.82) is 0 Å². The van der Waals surface area contributed by atoms with Crippen molar-refractivity contribution in [2.24, 2.45) is 11.5 Å². The predicted octanol–water partition coefficient (Wildman–Crippen LogP) is -1.91. The number of nitrogens with zero attached hydrogens (tertiary/aromatic N) is 4. The van der Waals surface area contributed by atoms with Gasteiger partial charge in [-0.1, -0.05) is 95.6 Å². The van der Waals surface area contributed by atoms with Gasteiger partial charge in [-0.2, -0.15) is 5.21 Å². The van der Waals surface area contributed by atoms with E-state index in [-0.39, 0.29) is 25.7 Å². The molecule has 0 saturated heterocycles. The largest absolute Gasteiger partial charge is 0.394 e. The summed E-state index contributed by atoms with van der Waals surface area (Å²) in [4.78, 5) is 122. The second kappa shape index (κ2) is 38.0. The first kappa shape index (κ1) is 65.5. The number of unbranched alkanes of at least 4 members (excludes halogenated alkanes) is 13. The lowest BCUT2D eigenvalue weighted by Gasteiger charge is -2.26. The van der Waals surface area contributed by atoms with Crippen LogP contribution in [0.5, 0.6) is 0 Å². The quantitative estimate of drug-likeness (QED) is 0.0322. The molecule has 0 radical (unpaired) electrons. The van der Waals surface area contributed by atoms with E-state index < -0.39 is 132 Å². The summed E-state index contributed by atoms with van der Waals surface area (Å²) < 4.78 is 27.0. The van der Waals surface area contributed by atoms with Gasteiger partial charge in [0.2, 0.25) is 63.2 Å². The van der Waals surface area contributed by atoms with Gasteiger partial charge >= 0.3 is 0 Å². The SMILES string of the molecule is CCCC[C@H](NC(=O)[C@H](CN)NC(=O)[C@H](Cc1cnc[nH]1)NC(=O)[C@H](CCC(N)=O)NC(=O)[C@H](CO)NC(=O)CNC(=O)CCCS(=O)(=O)NC(=O)CCCCCCCCCCCCCCCc1nn[nH]n1)C(=O)NC. The summed E-state index contributed by atoms with van der Waals surface area (Å²) in [5.74, 6) is -7.14. The van der Waals surface area contributed by atoms with Crippen LogP contribution in [0.3, 0.4) is 0 Å². The first-order valence-electron chi connectivity index (χ1n) is 26.2. The number of rotatable bonds is 43. The topological polar surface area (TPSA) is 439 Å². The molecule has 0 fully saturated rings. The molecule has 9 amide bonds. The highest BCUT2D eigenvalue weighted by atomic mass is 32.2. The number of hydrogen-bond donors (Lipinski definition) is 13. The van der Waals surface area contributed by atoms with Gasteiger partial charge in [0.1, 0.15) is 30.2 Å². The van der Waals surface area contributed by atoms with Crippen LogP contribution in [0.2, 0.25) is 0 Å². The smallest absolute Gasteiger partial charge is 0.245 e. The third-order valence-corrected chi connectivity index (χ3v) is 13.4. The van der Waals surface area contributed by atoms with Gasteiger partial charge in [0, 0.05) is 57.6 Å². The number of carbonyl (C=O) groups is 9. The molecule has 0 aliphatic carbocycles. The first-order chi connectivity index (χ1) is 36.4. The molecule has 29 heteroatoms. The molecule has 0 aliphatic rings. The minimum Gasteiger partial charge on any atom is -0.394 e. The fourth-order valence-corrected chi connectivity index (χ4v) is 8.83. The van der Waals surface area contributed by atoms with Crippen molar-refractivity contribution in [3.8, 4) is 0 Å². The van der Waals surface area contributed by atoms with Gasteiger partial charge in [0.15, 0.2) is 5.82 Å². The van der Waals surface area contributed by atoms with Crippen LogP contribution < -0.4 is 53.4 Å². The Morgan fingerprint density at radius 2 is 1.20 bits per heavy atom. The number of likely N-dealkylation sites (N-methyl/N-ethyl adjacent to an activating group) is 1. The van der Waals surface area contributed by atoms with Gasteiger partial charge in [0.25, 0.3) is 0 Å². The number of tetrazole rings is 1. The Balaban J connectivity index is 1.79. The Morgan fingerprint density at radius 3 is 1.75 bits per heavy atom. The average molecular weight is 1100 g/mol. The molecule has 428 valence electrons. The lowest BCUT2D eigenvalue weighted by Crippen LogP contribution is -2.61.